The summed E-state index contributed by atoms with van der Waals surface area (Å²) in [6.07, 6.45) is 2.66. The van der Waals surface area contributed by atoms with Gasteiger partial charge in [0.25, 0.3) is 0 Å². The Morgan fingerprint density at radius 1 is 0.600 bits per heavy atom. The summed E-state index contributed by atoms with van der Waals surface area (Å²) >= 11 is 0. The average Bonchev–Trinajstić information content (AvgIpc) is 2.80. The Morgan fingerprint density at radius 2 is 1.06 bits per heavy atom. The van der Waals surface area contributed by atoms with Gasteiger partial charge in [-0.05, 0) is 83.9 Å². The third-order valence-corrected chi connectivity index (χ3v) is 5.91. The van der Waals surface area contributed by atoms with Gasteiger partial charge in [-0.15, -0.1) is 0 Å². The molecule has 0 amide bonds. The van der Waals surface area contributed by atoms with Gasteiger partial charge in [-0.3, -0.25) is 0 Å². The van der Waals surface area contributed by atoms with Crippen molar-refractivity contribution in [2.45, 2.75) is 65.2 Å². The third kappa shape index (κ3) is 10.6. The van der Waals surface area contributed by atoms with Gasteiger partial charge in [-0.2, -0.15) is 0 Å². The minimum atomic E-state index is -1.18. The maximum atomic E-state index is 13.8. The van der Waals surface area contributed by atoms with Gasteiger partial charge in [0.05, 0.1) is 0 Å². The summed E-state index contributed by atoms with van der Waals surface area (Å²) in [5.74, 6) is -4.04. The highest BCUT2D eigenvalue weighted by molar-refractivity contribution is 5.25. The van der Waals surface area contributed by atoms with Crippen LogP contribution in [0.2, 0.25) is 0 Å². The number of rotatable bonds is 16. The Kier molecular flexibility index (Phi) is 12.6. The molecule has 2 aromatic carbocycles. The van der Waals surface area contributed by atoms with Crippen LogP contribution in [0.15, 0.2) is 24.3 Å². The number of halogens is 5. The second-order valence-corrected chi connectivity index (χ2v) is 9.05. The molecule has 0 radical (unpaired) electrons. The molecule has 2 atom stereocenters. The molecule has 35 heavy (non-hydrogen) atoms. The molecule has 4 nitrogen and oxygen atoms in total. The van der Waals surface area contributed by atoms with E-state index in [1.807, 2.05) is 13.8 Å². The predicted octanol–water partition coefficient (Wildman–Crippen LogP) is 4.70. The van der Waals surface area contributed by atoms with Gasteiger partial charge in [-0.1, -0.05) is 0 Å². The molecular weight excluding hydrogens is 463 g/mol. The van der Waals surface area contributed by atoms with Crippen LogP contribution in [0, 0.1) is 36.0 Å². The molecule has 0 saturated heterocycles. The van der Waals surface area contributed by atoms with E-state index in [4.69, 9.17) is 0 Å². The summed E-state index contributed by atoms with van der Waals surface area (Å²) < 4.78 is 67.0. The van der Waals surface area contributed by atoms with Crippen molar-refractivity contribution in [3.05, 3.63) is 70.0 Å². The SMILES string of the molecule is Cc1cc(CNC(C)CCNCCCNCCC(C)NCc2cc(F)c(F)cc2F)c(F)cc1F. The average molecular weight is 501 g/mol. The summed E-state index contributed by atoms with van der Waals surface area (Å²) in [7, 11) is 0. The van der Waals surface area contributed by atoms with E-state index in [1.54, 1.807) is 13.0 Å². The summed E-state index contributed by atoms with van der Waals surface area (Å²) in [4.78, 5) is 0. The van der Waals surface area contributed by atoms with Crippen LogP contribution < -0.4 is 21.3 Å². The molecule has 2 rings (SSSR count). The molecule has 196 valence electrons. The topological polar surface area (TPSA) is 48.1 Å². The normalized spacial score (nSPS) is 13.3. The second kappa shape index (κ2) is 15.1. The number of hydrogen-bond acceptors (Lipinski definition) is 4. The third-order valence-electron chi connectivity index (χ3n) is 5.91. The lowest BCUT2D eigenvalue weighted by molar-refractivity contribution is 0.462. The van der Waals surface area contributed by atoms with E-state index < -0.39 is 29.1 Å². The standard InChI is InChI=1S/C26H37F5N4/c1-17-11-20(23(28)13-22(17)27)15-34-18(2)5-9-32-7-4-8-33-10-6-19(3)35-16-21-12-25(30)26(31)14-24(21)29/h11-14,18-19,32-35H,4-10,15-16H2,1-3H3. The van der Waals surface area contributed by atoms with Gasteiger partial charge in [0.1, 0.15) is 17.5 Å². The van der Waals surface area contributed by atoms with Crippen molar-refractivity contribution in [3.8, 4) is 0 Å². The molecule has 2 unspecified atom stereocenters. The molecule has 0 saturated carbocycles. The van der Waals surface area contributed by atoms with E-state index in [9.17, 15) is 22.0 Å². The summed E-state index contributed by atoms with van der Waals surface area (Å²) in [6, 6.07) is 4.21. The van der Waals surface area contributed by atoms with E-state index in [2.05, 4.69) is 21.3 Å². The van der Waals surface area contributed by atoms with Crippen LogP contribution >= 0.6 is 0 Å². The first-order valence-electron chi connectivity index (χ1n) is 12.1. The number of benzene rings is 2. The van der Waals surface area contributed by atoms with Crippen molar-refractivity contribution in [2.24, 2.45) is 0 Å². The van der Waals surface area contributed by atoms with Gasteiger partial charge in [0.15, 0.2) is 11.6 Å². The number of aryl methyl sites for hydroxylation is 1. The zero-order valence-corrected chi connectivity index (χ0v) is 20.7. The predicted molar refractivity (Wildman–Crippen MR) is 130 cm³/mol. The van der Waals surface area contributed by atoms with Crippen molar-refractivity contribution in [3.63, 3.8) is 0 Å². The maximum absolute atomic E-state index is 13.8. The molecule has 0 spiro atoms. The van der Waals surface area contributed by atoms with E-state index in [1.165, 1.54) is 0 Å². The van der Waals surface area contributed by atoms with Gasteiger partial charge in [-0.25, -0.2) is 22.0 Å². The Balaban J connectivity index is 1.46. The first kappa shape index (κ1) is 29.2. The van der Waals surface area contributed by atoms with Gasteiger partial charge in [0.2, 0.25) is 0 Å². The lowest BCUT2D eigenvalue weighted by Gasteiger charge is -2.16. The fraction of sp³-hybridized carbons (Fsp3) is 0.538. The van der Waals surface area contributed by atoms with Crippen molar-refractivity contribution < 1.29 is 22.0 Å². The summed E-state index contributed by atoms with van der Waals surface area (Å²) in [5.41, 5.74) is 1.02. The minimum Gasteiger partial charge on any atom is -0.317 e. The van der Waals surface area contributed by atoms with Gasteiger partial charge in [0, 0.05) is 48.4 Å². The van der Waals surface area contributed by atoms with Crippen LogP contribution in [0.3, 0.4) is 0 Å². The Bertz CT molecular complexity index is 852. The van der Waals surface area contributed by atoms with Crippen molar-refractivity contribution in [1.82, 2.24) is 21.3 Å². The van der Waals surface area contributed by atoms with Crippen LogP contribution in [-0.2, 0) is 13.1 Å². The first-order valence-corrected chi connectivity index (χ1v) is 12.1. The molecule has 0 heterocycles. The quantitative estimate of drug-likeness (QED) is 0.153. The summed E-state index contributed by atoms with van der Waals surface area (Å²) in [5, 5.41) is 13.1. The van der Waals surface area contributed by atoms with Crippen LogP contribution in [0.5, 0.6) is 0 Å². The van der Waals surface area contributed by atoms with E-state index in [0.717, 1.165) is 57.6 Å². The van der Waals surface area contributed by atoms with Gasteiger partial charge < -0.3 is 21.3 Å². The maximum Gasteiger partial charge on any atom is 0.161 e. The van der Waals surface area contributed by atoms with E-state index >= 15 is 0 Å². The fourth-order valence-electron chi connectivity index (χ4n) is 3.55. The molecule has 0 aromatic heterocycles. The number of nitrogens with one attached hydrogen (secondary N) is 4. The largest absolute Gasteiger partial charge is 0.317 e. The highest BCUT2D eigenvalue weighted by atomic mass is 19.2. The molecule has 0 aliphatic carbocycles. The first-order chi connectivity index (χ1) is 16.7. The van der Waals surface area contributed by atoms with E-state index in [-0.39, 0.29) is 24.2 Å². The Labute approximate surface area is 205 Å². The highest BCUT2D eigenvalue weighted by Crippen LogP contribution is 2.15. The van der Waals surface area contributed by atoms with Crippen LogP contribution in [0.4, 0.5) is 22.0 Å². The van der Waals surface area contributed by atoms with Crippen LogP contribution in [-0.4, -0.2) is 38.3 Å². The zero-order chi connectivity index (χ0) is 25.8. The van der Waals surface area contributed by atoms with Crippen LogP contribution in [0.25, 0.3) is 0 Å². The molecule has 0 bridgehead atoms. The van der Waals surface area contributed by atoms with Gasteiger partial charge >= 0.3 is 0 Å². The molecule has 0 aliphatic heterocycles. The monoisotopic (exact) mass is 500 g/mol. The highest BCUT2D eigenvalue weighted by Gasteiger charge is 2.11. The second-order valence-electron chi connectivity index (χ2n) is 9.05. The Morgan fingerprint density at radius 3 is 1.60 bits per heavy atom. The van der Waals surface area contributed by atoms with Crippen molar-refractivity contribution >= 4 is 0 Å². The lowest BCUT2D eigenvalue weighted by Crippen LogP contribution is -2.32. The van der Waals surface area contributed by atoms with Crippen LogP contribution in [0.1, 0.15) is 49.8 Å². The van der Waals surface area contributed by atoms with Crippen molar-refractivity contribution in [2.75, 3.05) is 26.2 Å². The smallest absolute Gasteiger partial charge is 0.161 e. The molecule has 2 aromatic rings. The molecule has 0 fully saturated rings. The zero-order valence-electron chi connectivity index (χ0n) is 20.7. The molecule has 4 N–H and O–H groups in total. The fourth-order valence-corrected chi connectivity index (χ4v) is 3.55. The summed E-state index contributed by atoms with van der Waals surface area (Å²) in [6.45, 7) is 9.47. The lowest BCUT2D eigenvalue weighted by atomic mass is 10.1. The number of hydrogen-bond donors (Lipinski definition) is 4. The molecule has 0 aliphatic rings. The van der Waals surface area contributed by atoms with Crippen molar-refractivity contribution in [1.29, 1.82) is 0 Å². The Hall–Kier alpha value is -2.07. The molecular formula is C26H37F5N4. The van der Waals surface area contributed by atoms with E-state index in [0.29, 0.717) is 23.7 Å². The molecule has 9 heteroatoms. The minimum absolute atomic E-state index is 0.0921.